The third-order valence-electron chi connectivity index (χ3n) is 2.11. The van der Waals surface area contributed by atoms with Crippen molar-refractivity contribution >= 4 is 21.8 Å². The number of amides is 2. The van der Waals surface area contributed by atoms with Crippen molar-refractivity contribution in [2.75, 3.05) is 12.0 Å². The smallest absolute Gasteiger partial charge is 0.326 e. The third kappa shape index (κ3) is 7.88. The lowest BCUT2D eigenvalue weighted by Gasteiger charge is -2.17. The summed E-state index contributed by atoms with van der Waals surface area (Å²) in [4.78, 5) is 22.2. The summed E-state index contributed by atoms with van der Waals surface area (Å²) >= 11 is 0. The maximum atomic E-state index is 11.4. The molecule has 18 heavy (non-hydrogen) atoms. The van der Waals surface area contributed by atoms with Crippen LogP contribution in [0.1, 0.15) is 26.7 Å². The number of carbonyl (C=O) groups is 2. The number of carboxylic acids is 1. The minimum absolute atomic E-state index is 0.189. The van der Waals surface area contributed by atoms with Crippen LogP contribution in [0, 0.1) is 0 Å². The van der Waals surface area contributed by atoms with Crippen molar-refractivity contribution in [3.63, 3.8) is 0 Å². The summed E-state index contributed by atoms with van der Waals surface area (Å²) < 4.78 is 22.0. The molecule has 0 aliphatic heterocycles. The number of urea groups is 1. The molecule has 3 N–H and O–H groups in total. The van der Waals surface area contributed by atoms with Crippen molar-refractivity contribution in [3.8, 4) is 0 Å². The van der Waals surface area contributed by atoms with E-state index in [1.165, 1.54) is 6.92 Å². The van der Waals surface area contributed by atoms with Crippen molar-refractivity contribution < 1.29 is 23.1 Å². The van der Waals surface area contributed by atoms with Crippen LogP contribution >= 0.6 is 0 Å². The number of hydrogen-bond donors (Lipinski definition) is 3. The topological polar surface area (TPSA) is 113 Å². The fourth-order valence-electron chi connectivity index (χ4n) is 1.47. The van der Waals surface area contributed by atoms with Gasteiger partial charge in [0.15, 0.2) is 0 Å². The van der Waals surface area contributed by atoms with Crippen molar-refractivity contribution in [2.45, 2.75) is 38.8 Å². The Morgan fingerprint density at radius 2 is 1.83 bits per heavy atom. The fraction of sp³-hybridized carbons (Fsp3) is 0.800. The number of nitrogens with one attached hydrogen (secondary N) is 2. The Balaban J connectivity index is 4.28. The van der Waals surface area contributed by atoms with Gasteiger partial charge in [0, 0.05) is 12.3 Å². The third-order valence-corrected chi connectivity index (χ3v) is 3.22. The fourth-order valence-corrected chi connectivity index (χ4v) is 2.46. The monoisotopic (exact) mass is 280 g/mol. The van der Waals surface area contributed by atoms with Gasteiger partial charge in [-0.3, -0.25) is 0 Å². The molecule has 0 bridgehead atoms. The lowest BCUT2D eigenvalue weighted by atomic mass is 10.2. The van der Waals surface area contributed by atoms with Gasteiger partial charge in [-0.05, 0) is 13.3 Å². The van der Waals surface area contributed by atoms with Gasteiger partial charge in [-0.15, -0.1) is 0 Å². The lowest BCUT2D eigenvalue weighted by molar-refractivity contribution is -0.139. The molecule has 0 aromatic rings. The second kappa shape index (κ2) is 7.20. The van der Waals surface area contributed by atoms with Crippen molar-refractivity contribution in [1.29, 1.82) is 0 Å². The average molecular weight is 280 g/mol. The highest BCUT2D eigenvalue weighted by Crippen LogP contribution is 1.97. The Labute approximate surface area is 107 Å². The first-order chi connectivity index (χ1) is 8.15. The largest absolute Gasteiger partial charge is 0.480 e. The van der Waals surface area contributed by atoms with Gasteiger partial charge in [0.2, 0.25) is 0 Å². The van der Waals surface area contributed by atoms with Gasteiger partial charge in [-0.1, -0.05) is 13.3 Å². The quantitative estimate of drug-likeness (QED) is 0.606. The van der Waals surface area contributed by atoms with Crippen LogP contribution in [0.4, 0.5) is 4.79 Å². The van der Waals surface area contributed by atoms with E-state index in [-0.39, 0.29) is 5.75 Å². The van der Waals surface area contributed by atoms with E-state index in [0.29, 0.717) is 12.8 Å². The molecule has 106 valence electrons. The zero-order chi connectivity index (χ0) is 14.3. The predicted molar refractivity (Wildman–Crippen MR) is 67.2 cm³/mol. The van der Waals surface area contributed by atoms with E-state index in [0.717, 1.165) is 6.26 Å². The molecule has 0 saturated heterocycles. The van der Waals surface area contributed by atoms with Gasteiger partial charge in [-0.2, -0.15) is 0 Å². The van der Waals surface area contributed by atoms with Crippen molar-refractivity contribution in [3.05, 3.63) is 0 Å². The zero-order valence-electron chi connectivity index (χ0n) is 10.8. The standard InChI is InChI=1S/C10H20N2O5S/c1-4-5-8(9(13)14)12-10(15)11-7(2)6-18(3,16)17/h7-8H,4-6H2,1-3H3,(H,13,14)(H2,11,12,15)/t7?,8-/m1/s1. The summed E-state index contributed by atoms with van der Waals surface area (Å²) in [5, 5.41) is 13.5. The Morgan fingerprint density at radius 3 is 2.22 bits per heavy atom. The van der Waals surface area contributed by atoms with Crippen molar-refractivity contribution in [1.82, 2.24) is 10.6 Å². The van der Waals surface area contributed by atoms with Crippen LogP contribution in [-0.2, 0) is 14.6 Å². The zero-order valence-corrected chi connectivity index (χ0v) is 11.6. The van der Waals surface area contributed by atoms with E-state index in [4.69, 9.17) is 5.11 Å². The molecule has 0 radical (unpaired) electrons. The van der Waals surface area contributed by atoms with Gasteiger partial charge in [0.25, 0.3) is 0 Å². The first kappa shape index (κ1) is 16.7. The molecule has 0 heterocycles. The molecule has 0 aliphatic carbocycles. The summed E-state index contributed by atoms with van der Waals surface area (Å²) in [6, 6.07) is -2.21. The molecule has 0 aliphatic rings. The number of aliphatic carboxylic acids is 1. The van der Waals surface area contributed by atoms with Crippen LogP contribution in [0.5, 0.6) is 0 Å². The Hall–Kier alpha value is -1.31. The van der Waals surface area contributed by atoms with E-state index in [2.05, 4.69) is 10.6 Å². The summed E-state index contributed by atoms with van der Waals surface area (Å²) in [6.07, 6.45) is 2.01. The van der Waals surface area contributed by atoms with Crippen LogP contribution in [0.2, 0.25) is 0 Å². The highest BCUT2D eigenvalue weighted by molar-refractivity contribution is 7.90. The summed E-state index contributed by atoms with van der Waals surface area (Å²) in [5.74, 6) is -1.30. The summed E-state index contributed by atoms with van der Waals surface area (Å²) in [6.45, 7) is 3.35. The molecule has 7 nitrogen and oxygen atoms in total. The van der Waals surface area contributed by atoms with E-state index in [9.17, 15) is 18.0 Å². The molecule has 0 aromatic carbocycles. The van der Waals surface area contributed by atoms with Gasteiger partial charge >= 0.3 is 12.0 Å². The number of sulfone groups is 1. The molecular weight excluding hydrogens is 260 g/mol. The molecular formula is C10H20N2O5S. The maximum Gasteiger partial charge on any atom is 0.326 e. The van der Waals surface area contributed by atoms with E-state index in [1.807, 2.05) is 6.92 Å². The second-order valence-corrected chi connectivity index (χ2v) is 6.48. The number of carboxylic acid groups (broad SMARTS) is 1. The van der Waals surface area contributed by atoms with E-state index < -0.39 is 33.9 Å². The summed E-state index contributed by atoms with van der Waals surface area (Å²) in [5.41, 5.74) is 0. The lowest BCUT2D eigenvalue weighted by Crippen LogP contribution is -2.49. The average Bonchev–Trinajstić information content (AvgIpc) is 2.13. The SMILES string of the molecule is CCC[C@@H](NC(=O)NC(C)CS(C)(=O)=O)C(=O)O. The maximum absolute atomic E-state index is 11.4. The Kier molecular flexibility index (Phi) is 6.67. The number of hydrogen-bond acceptors (Lipinski definition) is 4. The van der Waals surface area contributed by atoms with Crippen molar-refractivity contribution in [2.24, 2.45) is 0 Å². The van der Waals surface area contributed by atoms with Gasteiger partial charge in [0.1, 0.15) is 15.9 Å². The van der Waals surface area contributed by atoms with Crippen LogP contribution in [0.15, 0.2) is 0 Å². The molecule has 2 atom stereocenters. The summed E-state index contributed by atoms with van der Waals surface area (Å²) in [7, 11) is -3.18. The first-order valence-corrected chi connectivity index (χ1v) is 7.69. The molecule has 1 unspecified atom stereocenters. The molecule has 0 spiro atoms. The van der Waals surface area contributed by atoms with Crippen LogP contribution in [-0.4, -0.2) is 49.6 Å². The van der Waals surface area contributed by atoms with Crippen LogP contribution in [0.25, 0.3) is 0 Å². The van der Waals surface area contributed by atoms with E-state index in [1.54, 1.807) is 0 Å². The molecule has 0 rings (SSSR count). The predicted octanol–water partition coefficient (Wildman–Crippen LogP) is -0.0280. The Morgan fingerprint density at radius 1 is 1.28 bits per heavy atom. The molecule has 8 heteroatoms. The minimum atomic E-state index is -3.18. The molecule has 0 saturated carbocycles. The molecule has 0 fully saturated rings. The Bertz CT molecular complexity index is 393. The van der Waals surface area contributed by atoms with Gasteiger partial charge in [-0.25, -0.2) is 18.0 Å². The minimum Gasteiger partial charge on any atom is -0.480 e. The number of rotatable bonds is 7. The van der Waals surface area contributed by atoms with Crippen LogP contribution < -0.4 is 10.6 Å². The second-order valence-electron chi connectivity index (χ2n) is 4.29. The highest BCUT2D eigenvalue weighted by atomic mass is 32.2. The van der Waals surface area contributed by atoms with E-state index >= 15 is 0 Å². The molecule has 2 amide bonds. The normalized spacial score (nSPS) is 14.6. The number of carbonyl (C=O) groups excluding carboxylic acids is 1. The highest BCUT2D eigenvalue weighted by Gasteiger charge is 2.20. The first-order valence-electron chi connectivity index (χ1n) is 5.63. The van der Waals surface area contributed by atoms with Gasteiger partial charge < -0.3 is 15.7 Å². The van der Waals surface area contributed by atoms with Crippen LogP contribution in [0.3, 0.4) is 0 Å². The van der Waals surface area contributed by atoms with Gasteiger partial charge in [0.05, 0.1) is 5.75 Å². The molecule has 0 aromatic heterocycles.